The van der Waals surface area contributed by atoms with Crippen molar-refractivity contribution in [2.24, 2.45) is 0 Å². The zero-order chi connectivity index (χ0) is 13.3. The monoisotopic (exact) mass is 274 g/mol. The quantitative estimate of drug-likeness (QED) is 0.791. The summed E-state index contributed by atoms with van der Waals surface area (Å²) in [5.74, 6) is 0. The highest BCUT2D eigenvalue weighted by Crippen LogP contribution is 2.28. The van der Waals surface area contributed by atoms with Gasteiger partial charge >= 0.3 is 0 Å². The van der Waals surface area contributed by atoms with Crippen molar-refractivity contribution in [3.63, 3.8) is 0 Å². The van der Waals surface area contributed by atoms with Crippen molar-refractivity contribution in [1.29, 1.82) is 0 Å². The van der Waals surface area contributed by atoms with Gasteiger partial charge in [-0.25, -0.2) is 8.42 Å². The summed E-state index contributed by atoms with van der Waals surface area (Å²) in [6.07, 6.45) is 1.80. The van der Waals surface area contributed by atoms with Gasteiger partial charge in [-0.2, -0.15) is 0 Å². The van der Waals surface area contributed by atoms with Crippen molar-refractivity contribution in [2.75, 3.05) is 6.26 Å². The summed E-state index contributed by atoms with van der Waals surface area (Å²) < 4.78 is 22.5. The van der Waals surface area contributed by atoms with E-state index in [4.69, 9.17) is 11.6 Å². The molecule has 1 unspecified atom stereocenters. The van der Waals surface area contributed by atoms with Crippen LogP contribution in [0.25, 0.3) is 0 Å². The van der Waals surface area contributed by atoms with Crippen molar-refractivity contribution in [3.8, 4) is 0 Å². The first-order chi connectivity index (χ1) is 7.66. The van der Waals surface area contributed by atoms with E-state index >= 15 is 0 Å². The van der Waals surface area contributed by atoms with E-state index in [0.29, 0.717) is 6.42 Å². The van der Waals surface area contributed by atoms with Crippen LogP contribution in [0.3, 0.4) is 0 Å². The number of alkyl halides is 1. The van der Waals surface area contributed by atoms with Gasteiger partial charge in [-0.15, -0.1) is 11.6 Å². The maximum atomic E-state index is 11.7. The van der Waals surface area contributed by atoms with E-state index in [1.807, 2.05) is 31.2 Å². The third-order valence-electron chi connectivity index (χ3n) is 3.37. The predicted molar refractivity (Wildman–Crippen MR) is 73.4 cm³/mol. The summed E-state index contributed by atoms with van der Waals surface area (Å²) in [4.78, 5) is 0. The van der Waals surface area contributed by atoms with Gasteiger partial charge in [-0.05, 0) is 38.3 Å². The first-order valence-corrected chi connectivity index (χ1v) is 7.87. The van der Waals surface area contributed by atoms with Gasteiger partial charge in [-0.3, -0.25) is 0 Å². The minimum Gasteiger partial charge on any atom is -0.229 e. The van der Waals surface area contributed by atoms with Crippen molar-refractivity contribution >= 4 is 21.4 Å². The predicted octanol–water partition coefficient (Wildman–Crippen LogP) is 2.97. The second-order valence-electron chi connectivity index (χ2n) is 4.97. The van der Waals surface area contributed by atoms with Crippen LogP contribution in [0.4, 0.5) is 0 Å². The molecule has 0 aliphatic carbocycles. The van der Waals surface area contributed by atoms with Crippen LogP contribution in [-0.4, -0.2) is 24.8 Å². The van der Waals surface area contributed by atoms with E-state index < -0.39 is 20.0 Å². The van der Waals surface area contributed by atoms with Crippen molar-refractivity contribution in [3.05, 3.63) is 35.4 Å². The van der Waals surface area contributed by atoms with Crippen LogP contribution in [0.5, 0.6) is 0 Å². The first-order valence-electron chi connectivity index (χ1n) is 5.54. The third-order valence-corrected chi connectivity index (χ3v) is 6.40. The van der Waals surface area contributed by atoms with Crippen molar-refractivity contribution in [2.45, 2.75) is 37.3 Å². The Labute approximate surface area is 109 Å². The molecule has 0 amide bonds. The Hall–Kier alpha value is -0.540. The van der Waals surface area contributed by atoms with Crippen LogP contribution >= 0.6 is 11.6 Å². The molecule has 0 aliphatic rings. The first kappa shape index (κ1) is 14.5. The van der Waals surface area contributed by atoms with Gasteiger partial charge in [0.15, 0.2) is 9.84 Å². The molecule has 0 aromatic heterocycles. The number of hydrogen-bond donors (Lipinski definition) is 0. The molecule has 1 atom stereocenters. The smallest absolute Gasteiger partial charge is 0.154 e. The number of aryl methyl sites for hydroxylation is 1. The molecule has 0 heterocycles. The van der Waals surface area contributed by atoms with Gasteiger partial charge in [0, 0.05) is 6.26 Å². The Morgan fingerprint density at radius 1 is 1.29 bits per heavy atom. The van der Waals surface area contributed by atoms with E-state index in [-0.39, 0.29) is 0 Å². The number of rotatable bonds is 4. The standard InChI is InChI=1S/C13H19ClO2S/c1-10-7-5-6-8-11(10)9-12(14)13(2,3)17(4,15)16/h5-8,12H,9H2,1-4H3. The summed E-state index contributed by atoms with van der Waals surface area (Å²) in [7, 11) is -3.17. The van der Waals surface area contributed by atoms with E-state index in [1.54, 1.807) is 13.8 Å². The lowest BCUT2D eigenvalue weighted by Crippen LogP contribution is -2.41. The number of halogens is 1. The molecule has 4 heteroatoms. The Morgan fingerprint density at radius 3 is 2.29 bits per heavy atom. The summed E-state index contributed by atoms with van der Waals surface area (Å²) in [6, 6.07) is 7.90. The lowest BCUT2D eigenvalue weighted by Gasteiger charge is -2.28. The molecule has 1 rings (SSSR count). The van der Waals surface area contributed by atoms with E-state index in [1.165, 1.54) is 6.26 Å². The topological polar surface area (TPSA) is 34.1 Å². The summed E-state index contributed by atoms with van der Waals surface area (Å²) in [5, 5.41) is -0.432. The largest absolute Gasteiger partial charge is 0.229 e. The minimum absolute atomic E-state index is 0.432. The molecule has 2 nitrogen and oxygen atoms in total. The molecule has 0 radical (unpaired) electrons. The highest BCUT2D eigenvalue weighted by molar-refractivity contribution is 7.92. The molecule has 0 aliphatic heterocycles. The molecule has 17 heavy (non-hydrogen) atoms. The molecule has 0 bridgehead atoms. The SMILES string of the molecule is Cc1ccccc1CC(Cl)C(C)(C)S(C)(=O)=O. The third kappa shape index (κ3) is 3.23. The van der Waals surface area contributed by atoms with E-state index in [9.17, 15) is 8.42 Å². The van der Waals surface area contributed by atoms with Crippen molar-refractivity contribution in [1.82, 2.24) is 0 Å². The maximum absolute atomic E-state index is 11.7. The van der Waals surface area contributed by atoms with Gasteiger partial charge in [0.05, 0.1) is 10.1 Å². The summed E-state index contributed by atoms with van der Waals surface area (Å²) >= 11 is 6.28. The number of hydrogen-bond acceptors (Lipinski definition) is 2. The fraction of sp³-hybridized carbons (Fsp3) is 0.538. The Bertz CT molecular complexity index is 492. The minimum atomic E-state index is -3.17. The molecule has 0 saturated heterocycles. The number of benzene rings is 1. The molecular weight excluding hydrogens is 256 g/mol. The normalized spacial score (nSPS) is 14.6. The van der Waals surface area contributed by atoms with Crippen LogP contribution in [0.15, 0.2) is 24.3 Å². The average molecular weight is 275 g/mol. The lowest BCUT2D eigenvalue weighted by atomic mass is 9.98. The maximum Gasteiger partial charge on any atom is 0.154 e. The van der Waals surface area contributed by atoms with Crippen LogP contribution in [0.2, 0.25) is 0 Å². The molecule has 0 fully saturated rings. The second kappa shape index (κ2) is 4.99. The zero-order valence-electron chi connectivity index (χ0n) is 10.7. The van der Waals surface area contributed by atoms with Gasteiger partial charge in [0.25, 0.3) is 0 Å². The van der Waals surface area contributed by atoms with Crippen LogP contribution in [-0.2, 0) is 16.3 Å². The fourth-order valence-electron chi connectivity index (χ4n) is 1.51. The Kier molecular flexibility index (Phi) is 4.26. The van der Waals surface area contributed by atoms with Gasteiger partial charge in [-0.1, -0.05) is 24.3 Å². The van der Waals surface area contributed by atoms with Crippen LogP contribution in [0.1, 0.15) is 25.0 Å². The molecule has 0 spiro atoms. The van der Waals surface area contributed by atoms with Crippen molar-refractivity contribution < 1.29 is 8.42 Å². The molecule has 1 aromatic rings. The highest BCUT2D eigenvalue weighted by atomic mass is 35.5. The van der Waals surface area contributed by atoms with Crippen LogP contribution < -0.4 is 0 Å². The molecule has 0 N–H and O–H groups in total. The Morgan fingerprint density at radius 2 is 1.82 bits per heavy atom. The molecule has 0 saturated carbocycles. The highest BCUT2D eigenvalue weighted by Gasteiger charge is 2.37. The Balaban J connectivity index is 2.95. The van der Waals surface area contributed by atoms with Gasteiger partial charge in [0.1, 0.15) is 0 Å². The molecule has 96 valence electrons. The molecule has 1 aromatic carbocycles. The number of sulfone groups is 1. The second-order valence-corrected chi connectivity index (χ2v) is 8.10. The summed E-state index contributed by atoms with van der Waals surface area (Å²) in [5.41, 5.74) is 2.24. The van der Waals surface area contributed by atoms with Crippen LogP contribution in [0, 0.1) is 6.92 Å². The van der Waals surface area contributed by atoms with Gasteiger partial charge < -0.3 is 0 Å². The zero-order valence-corrected chi connectivity index (χ0v) is 12.3. The summed E-state index contributed by atoms with van der Waals surface area (Å²) in [6.45, 7) is 5.36. The fourth-order valence-corrected chi connectivity index (χ4v) is 2.71. The van der Waals surface area contributed by atoms with E-state index in [0.717, 1.165) is 11.1 Å². The average Bonchev–Trinajstić information content (AvgIpc) is 2.19. The lowest BCUT2D eigenvalue weighted by molar-refractivity contribution is 0.536. The molecular formula is C13H19ClO2S. The van der Waals surface area contributed by atoms with Gasteiger partial charge in [0.2, 0.25) is 0 Å². The van der Waals surface area contributed by atoms with E-state index in [2.05, 4.69) is 0 Å².